The summed E-state index contributed by atoms with van der Waals surface area (Å²) in [6.45, 7) is 3.95. The van der Waals surface area contributed by atoms with Crippen molar-refractivity contribution in [3.05, 3.63) is 28.8 Å². The van der Waals surface area contributed by atoms with Crippen molar-refractivity contribution >= 4 is 12.3 Å². The van der Waals surface area contributed by atoms with Crippen molar-refractivity contribution in [2.24, 2.45) is 0 Å². The smallest absolute Gasteiger partial charge is 0.310 e. The predicted molar refractivity (Wildman–Crippen MR) is 63.5 cm³/mol. The number of hydrogen-bond acceptors (Lipinski definition) is 4. The Bertz CT molecular complexity index is 424. The van der Waals surface area contributed by atoms with Crippen LogP contribution in [0.25, 0.3) is 0 Å². The van der Waals surface area contributed by atoms with Crippen LogP contribution < -0.4 is 4.74 Å². The van der Waals surface area contributed by atoms with Crippen molar-refractivity contribution in [2.75, 3.05) is 13.7 Å². The summed E-state index contributed by atoms with van der Waals surface area (Å²) in [6.07, 6.45) is 0.908. The van der Waals surface area contributed by atoms with E-state index in [1.165, 1.54) is 7.11 Å². The molecule has 0 N–H and O–H groups in total. The van der Waals surface area contributed by atoms with Crippen molar-refractivity contribution < 1.29 is 19.1 Å². The van der Waals surface area contributed by atoms with Crippen molar-refractivity contribution in [2.45, 2.75) is 20.3 Å². The molecule has 0 spiro atoms. The van der Waals surface area contributed by atoms with Crippen LogP contribution in [0.5, 0.6) is 5.75 Å². The van der Waals surface area contributed by atoms with E-state index in [1.54, 1.807) is 19.1 Å². The number of carbonyl (C=O) groups is 2. The van der Waals surface area contributed by atoms with Gasteiger partial charge in [0.1, 0.15) is 12.0 Å². The Morgan fingerprint density at radius 1 is 1.41 bits per heavy atom. The highest BCUT2D eigenvalue weighted by molar-refractivity contribution is 5.79. The third-order valence-electron chi connectivity index (χ3n) is 2.44. The number of benzene rings is 1. The fourth-order valence-corrected chi connectivity index (χ4v) is 1.64. The Labute approximate surface area is 101 Å². The van der Waals surface area contributed by atoms with E-state index in [4.69, 9.17) is 9.47 Å². The lowest BCUT2D eigenvalue weighted by molar-refractivity contribution is -0.142. The van der Waals surface area contributed by atoms with Crippen LogP contribution >= 0.6 is 0 Å². The van der Waals surface area contributed by atoms with Crippen LogP contribution in [0.3, 0.4) is 0 Å². The number of hydrogen-bond donors (Lipinski definition) is 0. The maximum atomic E-state index is 11.4. The lowest BCUT2D eigenvalue weighted by atomic mass is 10.0. The highest BCUT2D eigenvalue weighted by atomic mass is 16.5. The van der Waals surface area contributed by atoms with Crippen LogP contribution in [-0.2, 0) is 16.0 Å². The Kier molecular flexibility index (Phi) is 4.69. The normalized spacial score (nSPS) is 9.82. The van der Waals surface area contributed by atoms with Crippen LogP contribution in [0.4, 0.5) is 0 Å². The topological polar surface area (TPSA) is 52.6 Å². The summed E-state index contributed by atoms with van der Waals surface area (Å²) in [6, 6.07) is 3.35. The van der Waals surface area contributed by atoms with Gasteiger partial charge in [0.25, 0.3) is 0 Å². The molecule has 0 aromatic heterocycles. The molecule has 0 aliphatic rings. The molecule has 0 fully saturated rings. The number of methoxy groups -OCH3 is 1. The molecule has 0 unspecified atom stereocenters. The molecule has 0 atom stereocenters. The van der Waals surface area contributed by atoms with Gasteiger partial charge in [-0.25, -0.2) is 0 Å². The van der Waals surface area contributed by atoms with Crippen LogP contribution in [-0.4, -0.2) is 26.0 Å². The van der Waals surface area contributed by atoms with Crippen LogP contribution in [0.1, 0.15) is 28.4 Å². The van der Waals surface area contributed by atoms with Crippen molar-refractivity contribution in [1.82, 2.24) is 0 Å². The second-order valence-electron chi connectivity index (χ2n) is 3.62. The number of aryl methyl sites for hydroxylation is 1. The lowest BCUT2D eigenvalue weighted by Crippen LogP contribution is -2.10. The number of carbonyl (C=O) groups excluding carboxylic acids is 2. The number of esters is 1. The quantitative estimate of drug-likeness (QED) is 0.579. The maximum absolute atomic E-state index is 11.4. The molecule has 0 aliphatic heterocycles. The minimum absolute atomic E-state index is 0.155. The number of ether oxygens (including phenoxy) is 2. The minimum atomic E-state index is -0.298. The average Bonchev–Trinajstić information content (AvgIpc) is 2.31. The van der Waals surface area contributed by atoms with Gasteiger partial charge in [-0.3, -0.25) is 9.59 Å². The zero-order valence-corrected chi connectivity index (χ0v) is 10.3. The summed E-state index contributed by atoms with van der Waals surface area (Å²) in [7, 11) is 1.51. The molecule has 4 nitrogen and oxygen atoms in total. The first-order chi connectivity index (χ1) is 8.12. The van der Waals surface area contributed by atoms with Crippen molar-refractivity contribution in [3.63, 3.8) is 0 Å². The Hall–Kier alpha value is -1.84. The van der Waals surface area contributed by atoms with E-state index in [2.05, 4.69) is 0 Å². The standard InChI is InChI=1S/C13H16O4/c1-4-17-13(15)7-11-9(2)5-10(8-14)6-12(11)16-3/h5-6,8H,4,7H2,1-3H3. The van der Waals surface area contributed by atoms with Gasteiger partial charge in [0.2, 0.25) is 0 Å². The highest BCUT2D eigenvalue weighted by Crippen LogP contribution is 2.24. The van der Waals surface area contributed by atoms with Crippen LogP contribution in [0, 0.1) is 6.92 Å². The maximum Gasteiger partial charge on any atom is 0.310 e. The van der Waals surface area contributed by atoms with E-state index in [0.29, 0.717) is 17.9 Å². The molecule has 1 aromatic rings. The molecule has 0 bridgehead atoms. The molecule has 0 aliphatic carbocycles. The van der Waals surface area contributed by atoms with Crippen LogP contribution in [0.2, 0.25) is 0 Å². The zero-order chi connectivity index (χ0) is 12.8. The van der Waals surface area contributed by atoms with E-state index in [1.807, 2.05) is 6.92 Å². The summed E-state index contributed by atoms with van der Waals surface area (Å²) in [4.78, 5) is 22.2. The van der Waals surface area contributed by atoms with E-state index in [0.717, 1.165) is 17.4 Å². The summed E-state index contributed by atoms with van der Waals surface area (Å²) < 4.78 is 10.1. The first-order valence-electron chi connectivity index (χ1n) is 5.40. The molecular formula is C13H16O4. The zero-order valence-electron chi connectivity index (χ0n) is 10.3. The molecule has 1 aromatic carbocycles. The van der Waals surface area contributed by atoms with E-state index >= 15 is 0 Å². The molecule has 4 heteroatoms. The molecule has 0 saturated carbocycles. The van der Waals surface area contributed by atoms with Crippen molar-refractivity contribution in [3.8, 4) is 5.75 Å². The Balaban J connectivity index is 3.05. The molecule has 0 saturated heterocycles. The highest BCUT2D eigenvalue weighted by Gasteiger charge is 2.13. The third kappa shape index (κ3) is 3.31. The molecule has 92 valence electrons. The third-order valence-corrected chi connectivity index (χ3v) is 2.44. The average molecular weight is 236 g/mol. The van der Waals surface area contributed by atoms with Gasteiger partial charge in [-0.2, -0.15) is 0 Å². The molecule has 0 heterocycles. The summed E-state index contributed by atoms with van der Waals surface area (Å²) >= 11 is 0. The SMILES string of the molecule is CCOC(=O)Cc1c(C)cc(C=O)cc1OC. The first kappa shape index (κ1) is 13.2. The number of rotatable bonds is 5. The van der Waals surface area contributed by atoms with E-state index in [-0.39, 0.29) is 12.4 Å². The van der Waals surface area contributed by atoms with Crippen LogP contribution in [0.15, 0.2) is 12.1 Å². The summed E-state index contributed by atoms with van der Waals surface area (Å²) in [5.74, 6) is 0.243. The van der Waals surface area contributed by atoms with Gasteiger partial charge in [0.15, 0.2) is 0 Å². The minimum Gasteiger partial charge on any atom is -0.496 e. The van der Waals surface area contributed by atoms with Gasteiger partial charge < -0.3 is 9.47 Å². The lowest BCUT2D eigenvalue weighted by Gasteiger charge is -2.12. The van der Waals surface area contributed by atoms with E-state index in [9.17, 15) is 9.59 Å². The molecule has 1 rings (SSSR count). The van der Waals surface area contributed by atoms with Gasteiger partial charge in [0, 0.05) is 11.1 Å². The van der Waals surface area contributed by atoms with Gasteiger partial charge in [-0.15, -0.1) is 0 Å². The molecule has 17 heavy (non-hydrogen) atoms. The fraction of sp³-hybridized carbons (Fsp3) is 0.385. The van der Waals surface area contributed by atoms with Crippen molar-refractivity contribution in [1.29, 1.82) is 0 Å². The van der Waals surface area contributed by atoms with Gasteiger partial charge in [-0.1, -0.05) is 0 Å². The molecular weight excluding hydrogens is 220 g/mol. The van der Waals surface area contributed by atoms with Gasteiger partial charge in [0.05, 0.1) is 20.1 Å². The Morgan fingerprint density at radius 3 is 2.65 bits per heavy atom. The summed E-state index contributed by atoms with van der Waals surface area (Å²) in [5, 5.41) is 0. The number of aldehydes is 1. The largest absolute Gasteiger partial charge is 0.496 e. The Morgan fingerprint density at radius 2 is 2.12 bits per heavy atom. The fourth-order valence-electron chi connectivity index (χ4n) is 1.64. The van der Waals surface area contributed by atoms with Gasteiger partial charge in [-0.05, 0) is 31.5 Å². The molecule has 0 amide bonds. The molecule has 0 radical (unpaired) electrons. The van der Waals surface area contributed by atoms with E-state index < -0.39 is 0 Å². The second kappa shape index (κ2) is 6.03. The monoisotopic (exact) mass is 236 g/mol. The van der Waals surface area contributed by atoms with Gasteiger partial charge >= 0.3 is 5.97 Å². The predicted octanol–water partition coefficient (Wildman–Crippen LogP) is 1.92. The second-order valence-corrected chi connectivity index (χ2v) is 3.62. The first-order valence-corrected chi connectivity index (χ1v) is 5.40. The summed E-state index contributed by atoms with van der Waals surface area (Å²) in [5.41, 5.74) is 2.14.